The third kappa shape index (κ3) is 5.78. The van der Waals surface area contributed by atoms with E-state index in [9.17, 15) is 18.0 Å². The van der Waals surface area contributed by atoms with Gasteiger partial charge >= 0.3 is 6.18 Å². The second kappa shape index (κ2) is 6.09. The van der Waals surface area contributed by atoms with E-state index >= 15 is 0 Å². The van der Waals surface area contributed by atoms with Gasteiger partial charge in [-0.2, -0.15) is 13.2 Å². The number of piperazine rings is 1. The van der Waals surface area contributed by atoms with Crippen molar-refractivity contribution in [3.05, 3.63) is 0 Å². The van der Waals surface area contributed by atoms with Gasteiger partial charge in [0.05, 0.1) is 13.1 Å². The van der Waals surface area contributed by atoms with Crippen LogP contribution in [-0.2, 0) is 4.79 Å². The van der Waals surface area contributed by atoms with Crippen molar-refractivity contribution in [2.45, 2.75) is 32.5 Å². The van der Waals surface area contributed by atoms with Crippen LogP contribution in [0.5, 0.6) is 0 Å². The van der Waals surface area contributed by atoms with Crippen molar-refractivity contribution in [2.24, 2.45) is 0 Å². The van der Waals surface area contributed by atoms with Crippen LogP contribution in [0.4, 0.5) is 13.2 Å². The number of carbonyl (C=O) groups excluding carboxylic acids is 1. The lowest BCUT2D eigenvalue weighted by molar-refractivity contribution is -0.136. The molecular weight excluding hydrogens is 259 g/mol. The quantitative estimate of drug-likeness (QED) is 0.841. The zero-order valence-electron chi connectivity index (χ0n) is 11.7. The maximum absolute atomic E-state index is 11.9. The maximum Gasteiger partial charge on any atom is 0.401 e. The molecule has 0 aliphatic carbocycles. The van der Waals surface area contributed by atoms with Gasteiger partial charge in [-0.3, -0.25) is 9.69 Å². The van der Waals surface area contributed by atoms with Crippen molar-refractivity contribution < 1.29 is 18.0 Å². The lowest BCUT2D eigenvalue weighted by Crippen LogP contribution is -2.55. The molecule has 4 nitrogen and oxygen atoms in total. The molecule has 1 aliphatic heterocycles. The van der Waals surface area contributed by atoms with E-state index in [1.807, 2.05) is 0 Å². The van der Waals surface area contributed by atoms with E-state index < -0.39 is 12.7 Å². The Hall–Kier alpha value is -0.820. The summed E-state index contributed by atoms with van der Waals surface area (Å²) in [6.45, 7) is 7.60. The summed E-state index contributed by atoms with van der Waals surface area (Å²) in [4.78, 5) is 15.6. The molecule has 1 N–H and O–H groups in total. The highest BCUT2D eigenvalue weighted by Gasteiger charge is 2.29. The standard InChI is InChI=1S/C12H22F3N3O/c1-11(2,3)18-6-4-17(5-7-18)10(19)8-16-9-12(13,14)15/h16H,4-9H2,1-3H3. The Morgan fingerprint density at radius 1 is 1.11 bits per heavy atom. The molecule has 7 heteroatoms. The average Bonchev–Trinajstić information content (AvgIpc) is 2.26. The predicted octanol–water partition coefficient (Wildman–Crippen LogP) is 1.08. The normalized spacial score (nSPS) is 18.7. The molecule has 19 heavy (non-hydrogen) atoms. The maximum atomic E-state index is 11.9. The number of rotatable bonds is 3. The van der Waals surface area contributed by atoms with Gasteiger partial charge < -0.3 is 10.2 Å². The molecule has 0 bridgehead atoms. The van der Waals surface area contributed by atoms with Gasteiger partial charge in [0.2, 0.25) is 5.91 Å². The lowest BCUT2D eigenvalue weighted by Gasteiger charge is -2.42. The average molecular weight is 281 g/mol. The van der Waals surface area contributed by atoms with Crippen LogP contribution in [0.25, 0.3) is 0 Å². The van der Waals surface area contributed by atoms with Gasteiger partial charge in [-0.25, -0.2) is 0 Å². The highest BCUT2D eigenvalue weighted by Crippen LogP contribution is 2.16. The molecule has 0 atom stereocenters. The second-order valence-electron chi connectivity index (χ2n) is 5.76. The van der Waals surface area contributed by atoms with Crippen LogP contribution in [-0.4, -0.2) is 66.7 Å². The van der Waals surface area contributed by atoms with E-state index in [0.717, 1.165) is 13.1 Å². The van der Waals surface area contributed by atoms with Crippen molar-refractivity contribution >= 4 is 5.91 Å². The van der Waals surface area contributed by atoms with Gasteiger partial charge in [-0.15, -0.1) is 0 Å². The number of carbonyl (C=O) groups is 1. The molecule has 112 valence electrons. The van der Waals surface area contributed by atoms with Crippen LogP contribution >= 0.6 is 0 Å². The van der Waals surface area contributed by atoms with E-state index in [4.69, 9.17) is 0 Å². The Morgan fingerprint density at radius 3 is 2.05 bits per heavy atom. The monoisotopic (exact) mass is 281 g/mol. The van der Waals surface area contributed by atoms with Gasteiger partial charge in [0.25, 0.3) is 0 Å². The van der Waals surface area contributed by atoms with Gasteiger partial charge in [0.1, 0.15) is 0 Å². The van der Waals surface area contributed by atoms with Gasteiger partial charge in [0, 0.05) is 31.7 Å². The van der Waals surface area contributed by atoms with E-state index in [-0.39, 0.29) is 18.0 Å². The summed E-state index contributed by atoms with van der Waals surface area (Å²) in [5.41, 5.74) is 0.0592. The van der Waals surface area contributed by atoms with Crippen molar-refractivity contribution in [3.63, 3.8) is 0 Å². The predicted molar refractivity (Wildman–Crippen MR) is 66.8 cm³/mol. The minimum Gasteiger partial charge on any atom is -0.339 e. The zero-order valence-corrected chi connectivity index (χ0v) is 11.7. The van der Waals surface area contributed by atoms with Crippen LogP contribution in [0.2, 0.25) is 0 Å². The van der Waals surface area contributed by atoms with E-state index in [1.165, 1.54) is 0 Å². The Kier molecular flexibility index (Phi) is 5.20. The van der Waals surface area contributed by atoms with Crippen molar-refractivity contribution in [1.29, 1.82) is 0 Å². The van der Waals surface area contributed by atoms with Crippen molar-refractivity contribution in [3.8, 4) is 0 Å². The third-order valence-electron chi connectivity index (χ3n) is 3.18. The number of nitrogens with zero attached hydrogens (tertiary/aromatic N) is 2. The Bertz CT molecular complexity index is 304. The number of amides is 1. The number of nitrogens with one attached hydrogen (secondary N) is 1. The van der Waals surface area contributed by atoms with Crippen LogP contribution in [0.1, 0.15) is 20.8 Å². The molecule has 1 rings (SSSR count). The van der Waals surface area contributed by atoms with Crippen molar-refractivity contribution in [1.82, 2.24) is 15.1 Å². The molecule has 0 aromatic rings. The first-order valence-corrected chi connectivity index (χ1v) is 6.40. The van der Waals surface area contributed by atoms with Crippen molar-refractivity contribution in [2.75, 3.05) is 39.3 Å². The summed E-state index contributed by atoms with van der Waals surface area (Å²) < 4.78 is 35.8. The molecule has 0 spiro atoms. The summed E-state index contributed by atoms with van der Waals surface area (Å²) in [6.07, 6.45) is -4.27. The van der Waals surface area contributed by atoms with E-state index in [0.29, 0.717) is 13.1 Å². The smallest absolute Gasteiger partial charge is 0.339 e. The molecule has 1 amide bonds. The first-order chi connectivity index (χ1) is 8.59. The Morgan fingerprint density at radius 2 is 1.63 bits per heavy atom. The molecule has 1 heterocycles. The van der Waals surface area contributed by atoms with Crippen LogP contribution < -0.4 is 5.32 Å². The Labute approximate surface area is 111 Å². The molecule has 0 unspecified atom stereocenters. The van der Waals surface area contributed by atoms with E-state index in [2.05, 4.69) is 31.0 Å². The molecule has 1 aliphatic rings. The third-order valence-corrected chi connectivity index (χ3v) is 3.18. The van der Waals surface area contributed by atoms with Crippen LogP contribution in [0.3, 0.4) is 0 Å². The molecule has 1 saturated heterocycles. The van der Waals surface area contributed by atoms with Crippen LogP contribution in [0, 0.1) is 0 Å². The number of alkyl halides is 3. The SMILES string of the molecule is CC(C)(C)N1CCN(C(=O)CNCC(F)(F)F)CC1. The van der Waals surface area contributed by atoms with Gasteiger partial charge in [-0.05, 0) is 20.8 Å². The minimum absolute atomic E-state index is 0.0592. The summed E-state index contributed by atoms with van der Waals surface area (Å²) in [5.74, 6) is -0.266. The summed E-state index contributed by atoms with van der Waals surface area (Å²) in [6, 6.07) is 0. The molecule has 0 aromatic heterocycles. The zero-order chi connectivity index (χ0) is 14.7. The minimum atomic E-state index is -4.27. The number of halogens is 3. The summed E-state index contributed by atoms with van der Waals surface area (Å²) in [5, 5.41) is 2.13. The first kappa shape index (κ1) is 16.2. The fraction of sp³-hybridized carbons (Fsp3) is 0.917. The van der Waals surface area contributed by atoms with Crippen LogP contribution in [0.15, 0.2) is 0 Å². The lowest BCUT2D eigenvalue weighted by atomic mass is 10.1. The first-order valence-electron chi connectivity index (χ1n) is 6.40. The molecule has 0 saturated carbocycles. The highest BCUT2D eigenvalue weighted by atomic mass is 19.4. The fourth-order valence-electron chi connectivity index (χ4n) is 2.05. The molecule has 0 radical (unpaired) electrons. The summed E-state index contributed by atoms with van der Waals surface area (Å²) in [7, 11) is 0. The highest BCUT2D eigenvalue weighted by molar-refractivity contribution is 5.78. The van der Waals surface area contributed by atoms with E-state index in [1.54, 1.807) is 4.90 Å². The largest absolute Gasteiger partial charge is 0.401 e. The number of hydrogen-bond acceptors (Lipinski definition) is 3. The summed E-state index contributed by atoms with van der Waals surface area (Å²) >= 11 is 0. The Balaban J connectivity index is 2.29. The second-order valence-corrected chi connectivity index (χ2v) is 5.76. The fourth-order valence-corrected chi connectivity index (χ4v) is 2.05. The molecular formula is C12H22F3N3O. The number of hydrogen-bond donors (Lipinski definition) is 1. The van der Waals surface area contributed by atoms with Gasteiger partial charge in [-0.1, -0.05) is 0 Å². The molecule has 1 fully saturated rings. The topological polar surface area (TPSA) is 35.6 Å². The van der Waals surface area contributed by atoms with Gasteiger partial charge in [0.15, 0.2) is 0 Å². The molecule has 0 aromatic carbocycles.